The van der Waals surface area contributed by atoms with Crippen molar-refractivity contribution in [3.05, 3.63) is 44.9 Å². The van der Waals surface area contributed by atoms with Crippen LogP contribution in [0.3, 0.4) is 0 Å². The van der Waals surface area contributed by atoms with Gasteiger partial charge in [0.05, 0.1) is 0 Å². The third-order valence-corrected chi connectivity index (χ3v) is 3.20. The molecule has 2 rings (SSSR count). The molecule has 0 saturated heterocycles. The fourth-order valence-electron chi connectivity index (χ4n) is 1.62. The maximum atomic E-state index is 11.6. The van der Waals surface area contributed by atoms with Crippen molar-refractivity contribution in [3.63, 3.8) is 0 Å². The van der Waals surface area contributed by atoms with Gasteiger partial charge < -0.3 is 24.2 Å². The van der Waals surface area contributed by atoms with E-state index in [0.29, 0.717) is 0 Å². The Morgan fingerprint density at radius 1 is 1.50 bits per heavy atom. The van der Waals surface area contributed by atoms with E-state index in [2.05, 4.69) is 16.3 Å². The van der Waals surface area contributed by atoms with Gasteiger partial charge in [-0.05, 0) is 17.9 Å². The zero-order valence-electron chi connectivity index (χ0n) is 9.87. The van der Waals surface area contributed by atoms with Crippen LogP contribution in [-0.2, 0) is 21.1 Å². The molecule has 4 N–H and O–H groups in total. The predicted molar refractivity (Wildman–Crippen MR) is 70.2 cm³/mol. The molecular formula is C9H11N2O7PS. The van der Waals surface area contributed by atoms with Crippen LogP contribution in [-0.4, -0.2) is 37.2 Å². The first-order valence-electron chi connectivity index (χ1n) is 5.33. The molecule has 2 atom stereocenters. The Kier molecular flexibility index (Phi) is 4.23. The fourth-order valence-corrected chi connectivity index (χ4v) is 2.07. The molecule has 0 fully saturated rings. The first-order chi connectivity index (χ1) is 9.26. The quantitative estimate of drug-likeness (QED) is 0.494. The molecule has 0 aliphatic carbocycles. The largest absolute Gasteiger partial charge is 0.469 e. The molecule has 1 aliphatic heterocycles. The summed E-state index contributed by atoms with van der Waals surface area (Å²) in [5.41, 5.74) is -1.32. The van der Waals surface area contributed by atoms with Gasteiger partial charge in [0.15, 0.2) is 0 Å². The topological polar surface area (TPSA) is 134 Å². The highest BCUT2D eigenvalue weighted by atomic mass is 32.5. The summed E-state index contributed by atoms with van der Waals surface area (Å²) in [6.07, 6.45) is 0.183. The van der Waals surface area contributed by atoms with Crippen LogP contribution >= 0.6 is 6.72 Å². The van der Waals surface area contributed by atoms with Crippen molar-refractivity contribution in [1.82, 2.24) is 9.55 Å². The maximum Gasteiger partial charge on any atom is 0.331 e. The van der Waals surface area contributed by atoms with Crippen LogP contribution in [0.2, 0.25) is 0 Å². The van der Waals surface area contributed by atoms with E-state index in [9.17, 15) is 14.7 Å². The summed E-state index contributed by atoms with van der Waals surface area (Å²) >= 11 is 4.27. The Labute approximate surface area is 117 Å². The average Bonchev–Trinajstić information content (AvgIpc) is 2.67. The number of ether oxygens (including phenoxy) is 1. The number of nitrogens with one attached hydrogen (secondary N) is 1. The molecule has 0 unspecified atom stereocenters. The zero-order valence-corrected chi connectivity index (χ0v) is 11.6. The van der Waals surface area contributed by atoms with Crippen LogP contribution in [0.15, 0.2) is 33.7 Å². The molecule has 0 radical (unpaired) electrons. The van der Waals surface area contributed by atoms with Crippen molar-refractivity contribution in [1.29, 1.82) is 0 Å². The van der Waals surface area contributed by atoms with Crippen molar-refractivity contribution < 1.29 is 24.2 Å². The third-order valence-electron chi connectivity index (χ3n) is 2.42. The lowest BCUT2D eigenvalue weighted by atomic mass is 10.3. The highest BCUT2D eigenvalue weighted by molar-refractivity contribution is 8.06. The van der Waals surface area contributed by atoms with Crippen LogP contribution in [0.25, 0.3) is 0 Å². The SMILES string of the molecule is O=c1ccn([C@@H]2OC(COP(O)(O)=S)=C[C@H]2O)c(=O)[nH]1. The summed E-state index contributed by atoms with van der Waals surface area (Å²) in [6, 6.07) is 1.10. The number of H-pyrrole nitrogens is 1. The lowest BCUT2D eigenvalue weighted by Gasteiger charge is -2.18. The molecule has 0 amide bonds. The molecule has 2 heterocycles. The number of aromatic amines is 1. The molecule has 1 aromatic rings. The number of hydrogen-bond donors (Lipinski definition) is 4. The van der Waals surface area contributed by atoms with Crippen LogP contribution in [0.5, 0.6) is 0 Å². The average molecular weight is 322 g/mol. The minimum absolute atomic E-state index is 0.0953. The normalized spacial score (nSPS) is 22.4. The maximum absolute atomic E-state index is 11.6. The zero-order chi connectivity index (χ0) is 14.9. The van der Waals surface area contributed by atoms with Gasteiger partial charge in [-0.25, -0.2) is 4.79 Å². The van der Waals surface area contributed by atoms with Gasteiger partial charge in [-0.1, -0.05) is 0 Å². The smallest absolute Gasteiger partial charge is 0.331 e. The lowest BCUT2D eigenvalue weighted by molar-refractivity contribution is -0.00967. The van der Waals surface area contributed by atoms with E-state index >= 15 is 0 Å². The van der Waals surface area contributed by atoms with Crippen LogP contribution in [0, 0.1) is 0 Å². The van der Waals surface area contributed by atoms with Crippen LogP contribution < -0.4 is 11.2 Å². The number of hydrogen-bond acceptors (Lipinski definition) is 6. The third kappa shape index (κ3) is 3.63. The Hall–Kier alpha value is -1.29. The molecule has 0 aromatic carbocycles. The van der Waals surface area contributed by atoms with Gasteiger partial charge in [0.2, 0.25) is 6.23 Å². The molecule has 1 aliphatic rings. The Morgan fingerprint density at radius 2 is 2.20 bits per heavy atom. The number of rotatable bonds is 4. The minimum atomic E-state index is -3.83. The van der Waals surface area contributed by atoms with E-state index in [-0.39, 0.29) is 12.4 Å². The van der Waals surface area contributed by atoms with Gasteiger partial charge >= 0.3 is 12.4 Å². The van der Waals surface area contributed by atoms with Crippen molar-refractivity contribution >= 4 is 18.5 Å². The van der Waals surface area contributed by atoms with Crippen molar-refractivity contribution in [2.75, 3.05) is 6.61 Å². The van der Waals surface area contributed by atoms with E-state index in [1.54, 1.807) is 0 Å². The van der Waals surface area contributed by atoms with E-state index in [0.717, 1.165) is 10.6 Å². The standard InChI is InChI=1S/C9H11N2O7PS/c12-6-3-5(4-17-19(15,16)20)18-8(6)11-2-1-7(13)10-9(11)14/h1-3,6,8,12H,4H2,(H,10,13,14)(H2,15,16,20)/t6-,8-/m1/s1. The Balaban J connectivity index is 2.12. The van der Waals surface area contributed by atoms with Crippen molar-refractivity contribution in [2.24, 2.45) is 0 Å². The number of aromatic nitrogens is 2. The highest BCUT2D eigenvalue weighted by Crippen LogP contribution is 2.38. The predicted octanol–water partition coefficient (Wildman–Crippen LogP) is -1.46. The molecule has 110 valence electrons. The molecule has 20 heavy (non-hydrogen) atoms. The van der Waals surface area contributed by atoms with Gasteiger partial charge in [0, 0.05) is 12.3 Å². The summed E-state index contributed by atoms with van der Waals surface area (Å²) in [5, 5.41) is 9.79. The summed E-state index contributed by atoms with van der Waals surface area (Å²) in [7, 11) is 0. The Bertz CT molecular complexity index is 690. The van der Waals surface area contributed by atoms with E-state index in [1.165, 1.54) is 12.3 Å². The number of nitrogens with zero attached hydrogens (tertiary/aromatic N) is 1. The Morgan fingerprint density at radius 3 is 2.80 bits per heavy atom. The molecule has 11 heteroatoms. The molecular weight excluding hydrogens is 311 g/mol. The molecule has 0 bridgehead atoms. The van der Waals surface area contributed by atoms with E-state index in [1.807, 2.05) is 4.98 Å². The van der Waals surface area contributed by atoms with Crippen LogP contribution in [0.1, 0.15) is 6.23 Å². The second-order valence-corrected chi connectivity index (χ2v) is 6.58. The molecule has 0 spiro atoms. The molecule has 9 nitrogen and oxygen atoms in total. The van der Waals surface area contributed by atoms with Gasteiger partial charge in [-0.2, -0.15) is 0 Å². The first kappa shape index (κ1) is 15.1. The summed E-state index contributed by atoms with van der Waals surface area (Å²) in [4.78, 5) is 42.4. The first-order valence-corrected chi connectivity index (χ1v) is 7.96. The number of aliphatic hydroxyl groups is 1. The van der Waals surface area contributed by atoms with Crippen molar-refractivity contribution in [3.8, 4) is 0 Å². The highest BCUT2D eigenvalue weighted by Gasteiger charge is 2.30. The monoisotopic (exact) mass is 322 g/mol. The summed E-state index contributed by atoms with van der Waals surface area (Å²) < 4.78 is 10.8. The second-order valence-electron chi connectivity index (χ2n) is 3.91. The van der Waals surface area contributed by atoms with Gasteiger partial charge in [0.1, 0.15) is 18.5 Å². The van der Waals surface area contributed by atoms with Gasteiger partial charge in [-0.15, -0.1) is 0 Å². The van der Waals surface area contributed by atoms with E-state index < -0.39 is 30.3 Å². The second kappa shape index (κ2) is 5.60. The van der Waals surface area contributed by atoms with Crippen LogP contribution in [0.4, 0.5) is 0 Å². The van der Waals surface area contributed by atoms with Gasteiger partial charge in [0.25, 0.3) is 5.56 Å². The summed E-state index contributed by atoms with van der Waals surface area (Å²) in [6.45, 7) is -4.18. The minimum Gasteiger partial charge on any atom is -0.469 e. The number of aliphatic hydroxyl groups excluding tert-OH is 1. The molecule has 0 saturated carbocycles. The summed E-state index contributed by atoms with van der Waals surface area (Å²) in [5.74, 6) is 0.0953. The van der Waals surface area contributed by atoms with E-state index in [4.69, 9.17) is 14.5 Å². The molecule has 1 aromatic heterocycles. The fraction of sp³-hybridized carbons (Fsp3) is 0.333. The lowest BCUT2D eigenvalue weighted by Crippen LogP contribution is -2.35. The van der Waals surface area contributed by atoms with Gasteiger partial charge in [-0.3, -0.25) is 14.3 Å². The van der Waals surface area contributed by atoms with Crippen molar-refractivity contribution in [2.45, 2.75) is 12.3 Å².